The molecule has 1 aromatic rings. The molecule has 24 heavy (non-hydrogen) atoms. The van der Waals surface area contributed by atoms with E-state index < -0.39 is 15.4 Å². The fourth-order valence-corrected chi connectivity index (χ4v) is 4.01. The van der Waals surface area contributed by atoms with E-state index in [-0.39, 0.29) is 24.1 Å². The number of amides is 1. The van der Waals surface area contributed by atoms with Crippen molar-refractivity contribution < 1.29 is 13.2 Å². The summed E-state index contributed by atoms with van der Waals surface area (Å²) in [6.45, 7) is 2.54. The summed E-state index contributed by atoms with van der Waals surface area (Å²) >= 11 is 0. The van der Waals surface area contributed by atoms with E-state index in [1.54, 1.807) is 12.1 Å². The second-order valence-corrected chi connectivity index (χ2v) is 9.07. The third-order valence-electron chi connectivity index (χ3n) is 4.39. The molecule has 1 aliphatic carbocycles. The van der Waals surface area contributed by atoms with Crippen LogP contribution in [0.15, 0.2) is 24.3 Å². The summed E-state index contributed by atoms with van der Waals surface area (Å²) in [6.07, 6.45) is 4.80. The predicted octanol–water partition coefficient (Wildman–Crippen LogP) is 2.18. The monoisotopic (exact) mass is 374 g/mol. The number of hydrogen-bond acceptors (Lipinski definition) is 4. The molecule has 2 atom stereocenters. The predicted molar refractivity (Wildman–Crippen MR) is 98.6 cm³/mol. The molecule has 0 aromatic heterocycles. The molecule has 1 amide bonds. The molecule has 0 heterocycles. The third-order valence-corrected chi connectivity index (χ3v) is 5.25. The Bertz CT molecular complexity index is 661. The Balaban J connectivity index is 0.00000288. The Morgan fingerprint density at radius 2 is 1.88 bits per heavy atom. The van der Waals surface area contributed by atoms with Crippen LogP contribution in [0.1, 0.15) is 43.7 Å². The molecule has 7 heteroatoms. The van der Waals surface area contributed by atoms with Crippen LogP contribution < -0.4 is 11.1 Å². The van der Waals surface area contributed by atoms with Gasteiger partial charge >= 0.3 is 0 Å². The zero-order valence-corrected chi connectivity index (χ0v) is 15.9. The van der Waals surface area contributed by atoms with E-state index in [0.717, 1.165) is 36.8 Å². The molecular formula is C17H27ClN2O3S. The molecule has 0 saturated heterocycles. The van der Waals surface area contributed by atoms with E-state index in [2.05, 4.69) is 12.2 Å². The molecule has 1 aromatic carbocycles. The Morgan fingerprint density at radius 3 is 2.42 bits per heavy atom. The summed E-state index contributed by atoms with van der Waals surface area (Å²) < 4.78 is 22.5. The number of rotatable bonds is 5. The zero-order valence-electron chi connectivity index (χ0n) is 14.2. The molecule has 1 saturated carbocycles. The number of benzene rings is 1. The lowest BCUT2D eigenvalue weighted by Crippen LogP contribution is -2.56. The molecule has 1 fully saturated rings. The van der Waals surface area contributed by atoms with Crippen molar-refractivity contribution in [3.05, 3.63) is 35.4 Å². The van der Waals surface area contributed by atoms with Gasteiger partial charge in [-0.25, -0.2) is 8.42 Å². The van der Waals surface area contributed by atoms with Crippen LogP contribution in [0, 0.1) is 5.92 Å². The van der Waals surface area contributed by atoms with Crippen LogP contribution in [-0.4, -0.2) is 26.1 Å². The zero-order chi connectivity index (χ0) is 17.1. The Kier molecular flexibility index (Phi) is 7.25. The van der Waals surface area contributed by atoms with Gasteiger partial charge in [-0.3, -0.25) is 4.79 Å². The molecule has 0 radical (unpaired) electrons. The number of hydrogen-bond donors (Lipinski definition) is 2. The maximum atomic E-state index is 12.4. The van der Waals surface area contributed by atoms with Gasteiger partial charge in [-0.1, -0.05) is 44.0 Å². The summed E-state index contributed by atoms with van der Waals surface area (Å²) in [7, 11) is -3.03. The summed E-state index contributed by atoms with van der Waals surface area (Å²) in [4.78, 5) is 12.4. The minimum absolute atomic E-state index is 0. The van der Waals surface area contributed by atoms with Gasteiger partial charge in [-0.2, -0.15) is 0 Å². The summed E-state index contributed by atoms with van der Waals surface area (Å²) in [5.74, 6) is 0.419. The summed E-state index contributed by atoms with van der Waals surface area (Å²) in [5.41, 5.74) is 7.20. The van der Waals surface area contributed by atoms with Crippen LogP contribution in [0.2, 0.25) is 0 Å². The van der Waals surface area contributed by atoms with Gasteiger partial charge in [-0.15, -0.1) is 12.4 Å². The van der Waals surface area contributed by atoms with E-state index in [9.17, 15) is 13.2 Å². The molecular weight excluding hydrogens is 348 g/mol. The van der Waals surface area contributed by atoms with Crippen molar-refractivity contribution in [3.8, 4) is 0 Å². The van der Waals surface area contributed by atoms with Gasteiger partial charge in [0.1, 0.15) is 0 Å². The van der Waals surface area contributed by atoms with E-state index >= 15 is 0 Å². The first-order chi connectivity index (χ1) is 10.7. The van der Waals surface area contributed by atoms with Crippen molar-refractivity contribution in [1.82, 2.24) is 5.32 Å². The summed E-state index contributed by atoms with van der Waals surface area (Å²) in [6, 6.07) is 7.24. The average molecular weight is 375 g/mol. The Hall–Kier alpha value is -1.11. The van der Waals surface area contributed by atoms with Crippen LogP contribution in [0.5, 0.6) is 0 Å². The highest BCUT2D eigenvalue weighted by molar-refractivity contribution is 7.89. The number of carbonyl (C=O) groups is 1. The quantitative estimate of drug-likeness (QED) is 0.826. The van der Waals surface area contributed by atoms with Crippen molar-refractivity contribution in [2.75, 3.05) is 6.26 Å². The normalized spacial score (nSPS) is 24.0. The van der Waals surface area contributed by atoms with Gasteiger partial charge in [0.15, 0.2) is 9.84 Å². The number of halogens is 1. The standard InChI is InChI=1S/C17H26N2O3S.ClH/c1-13-4-3-9-17(18,10-13)16(20)19-11-14-5-7-15(8-6-14)12-23(2,21)22;/h5-8,13H,3-4,9-12,18H2,1-2H3,(H,19,20);1H. The molecule has 3 N–H and O–H groups in total. The molecule has 0 spiro atoms. The first-order valence-electron chi connectivity index (χ1n) is 8.01. The number of nitrogens with one attached hydrogen (secondary N) is 1. The van der Waals surface area contributed by atoms with Crippen LogP contribution in [-0.2, 0) is 26.9 Å². The molecule has 0 aliphatic heterocycles. The van der Waals surface area contributed by atoms with Crippen molar-refractivity contribution in [2.45, 2.75) is 50.4 Å². The summed E-state index contributed by atoms with van der Waals surface area (Å²) in [5, 5.41) is 2.92. The largest absolute Gasteiger partial charge is 0.350 e. The third kappa shape index (κ3) is 6.07. The van der Waals surface area contributed by atoms with Crippen LogP contribution in [0.3, 0.4) is 0 Å². The van der Waals surface area contributed by atoms with Crippen molar-refractivity contribution >= 4 is 28.2 Å². The van der Waals surface area contributed by atoms with Gasteiger partial charge in [0.25, 0.3) is 0 Å². The van der Waals surface area contributed by atoms with Crippen LogP contribution in [0.4, 0.5) is 0 Å². The minimum atomic E-state index is -3.03. The first-order valence-corrected chi connectivity index (χ1v) is 10.1. The van der Waals surface area contributed by atoms with Gasteiger partial charge in [-0.05, 0) is 29.9 Å². The lowest BCUT2D eigenvalue weighted by molar-refractivity contribution is -0.128. The highest BCUT2D eigenvalue weighted by Gasteiger charge is 2.37. The smallest absolute Gasteiger partial charge is 0.240 e. The van der Waals surface area contributed by atoms with Gasteiger partial charge < -0.3 is 11.1 Å². The Morgan fingerprint density at radius 1 is 1.29 bits per heavy atom. The highest BCUT2D eigenvalue weighted by atomic mass is 35.5. The average Bonchev–Trinajstić information content (AvgIpc) is 2.44. The van der Waals surface area contributed by atoms with Gasteiger partial charge in [0, 0.05) is 12.8 Å². The molecule has 1 aliphatic rings. The molecule has 2 rings (SSSR count). The SMILES string of the molecule is CC1CCCC(N)(C(=O)NCc2ccc(CS(C)(=O)=O)cc2)C1.Cl. The van der Waals surface area contributed by atoms with Crippen molar-refractivity contribution in [1.29, 1.82) is 0 Å². The van der Waals surface area contributed by atoms with E-state index in [0.29, 0.717) is 12.5 Å². The molecule has 0 bridgehead atoms. The van der Waals surface area contributed by atoms with Crippen molar-refractivity contribution in [3.63, 3.8) is 0 Å². The second kappa shape index (κ2) is 8.32. The van der Waals surface area contributed by atoms with E-state index in [1.807, 2.05) is 12.1 Å². The molecule has 136 valence electrons. The van der Waals surface area contributed by atoms with Gasteiger partial charge in [0.05, 0.1) is 11.3 Å². The van der Waals surface area contributed by atoms with Crippen LogP contribution in [0.25, 0.3) is 0 Å². The number of nitrogens with two attached hydrogens (primary N) is 1. The van der Waals surface area contributed by atoms with E-state index in [1.165, 1.54) is 6.26 Å². The fourth-order valence-electron chi connectivity index (χ4n) is 3.21. The van der Waals surface area contributed by atoms with Crippen LogP contribution >= 0.6 is 12.4 Å². The maximum absolute atomic E-state index is 12.4. The minimum Gasteiger partial charge on any atom is -0.350 e. The number of carbonyl (C=O) groups excluding carboxylic acids is 1. The molecule has 5 nitrogen and oxygen atoms in total. The second-order valence-electron chi connectivity index (χ2n) is 6.93. The maximum Gasteiger partial charge on any atom is 0.240 e. The van der Waals surface area contributed by atoms with Gasteiger partial charge in [0.2, 0.25) is 5.91 Å². The lowest BCUT2D eigenvalue weighted by atomic mass is 9.76. The molecule has 2 unspecified atom stereocenters. The first kappa shape index (κ1) is 20.9. The fraction of sp³-hybridized carbons (Fsp3) is 0.588. The highest BCUT2D eigenvalue weighted by Crippen LogP contribution is 2.30. The van der Waals surface area contributed by atoms with E-state index in [4.69, 9.17) is 5.73 Å². The number of sulfone groups is 1. The Labute approximate surface area is 150 Å². The topological polar surface area (TPSA) is 89.3 Å². The lowest BCUT2D eigenvalue weighted by Gasteiger charge is -2.35. The van der Waals surface area contributed by atoms with Crippen molar-refractivity contribution in [2.24, 2.45) is 11.7 Å².